The number of ether oxygens (including phenoxy) is 2. The van der Waals surface area contributed by atoms with E-state index >= 15 is 0 Å². The van der Waals surface area contributed by atoms with Crippen LogP contribution in [0.15, 0.2) is 46.9 Å². The molecule has 2 aromatic carbocycles. The summed E-state index contributed by atoms with van der Waals surface area (Å²) in [5.74, 6) is 2.40. The van der Waals surface area contributed by atoms with E-state index in [1.54, 1.807) is 7.11 Å². The van der Waals surface area contributed by atoms with E-state index in [9.17, 15) is 0 Å². The Labute approximate surface area is 134 Å². The van der Waals surface area contributed by atoms with E-state index in [1.165, 1.54) is 5.56 Å². The van der Waals surface area contributed by atoms with Crippen LogP contribution in [0.1, 0.15) is 19.4 Å². The molecule has 0 fully saturated rings. The molecule has 21 heavy (non-hydrogen) atoms. The molecule has 0 amide bonds. The first-order chi connectivity index (χ1) is 10.1. The van der Waals surface area contributed by atoms with E-state index in [0.29, 0.717) is 6.04 Å². The Hall–Kier alpha value is -1.52. The molecule has 3 nitrogen and oxygen atoms in total. The quantitative estimate of drug-likeness (QED) is 0.816. The lowest BCUT2D eigenvalue weighted by atomic mass is 10.2. The van der Waals surface area contributed by atoms with Gasteiger partial charge in [0.05, 0.1) is 11.6 Å². The average Bonchev–Trinajstić information content (AvgIpc) is 2.48. The van der Waals surface area contributed by atoms with Crippen LogP contribution in [0.25, 0.3) is 0 Å². The van der Waals surface area contributed by atoms with Crippen molar-refractivity contribution in [1.29, 1.82) is 0 Å². The van der Waals surface area contributed by atoms with Crippen LogP contribution in [-0.2, 0) is 6.54 Å². The molecule has 2 aromatic rings. The van der Waals surface area contributed by atoms with Gasteiger partial charge in [0, 0.05) is 12.6 Å². The second-order valence-corrected chi connectivity index (χ2v) is 5.93. The van der Waals surface area contributed by atoms with Crippen molar-refractivity contribution in [2.75, 3.05) is 7.11 Å². The molecule has 0 radical (unpaired) electrons. The summed E-state index contributed by atoms with van der Waals surface area (Å²) in [5.41, 5.74) is 1.22. The first-order valence-corrected chi connectivity index (χ1v) is 7.71. The number of hydrogen-bond donors (Lipinski definition) is 1. The van der Waals surface area contributed by atoms with E-state index in [4.69, 9.17) is 9.47 Å². The predicted molar refractivity (Wildman–Crippen MR) is 89.2 cm³/mol. The lowest BCUT2D eigenvalue weighted by molar-refractivity contribution is 0.412. The van der Waals surface area contributed by atoms with Crippen molar-refractivity contribution < 1.29 is 9.47 Å². The number of halogens is 1. The van der Waals surface area contributed by atoms with Gasteiger partial charge in [0.2, 0.25) is 0 Å². The third kappa shape index (κ3) is 4.76. The van der Waals surface area contributed by atoms with Crippen LogP contribution in [0.3, 0.4) is 0 Å². The number of rotatable bonds is 6. The van der Waals surface area contributed by atoms with E-state index in [-0.39, 0.29) is 0 Å². The van der Waals surface area contributed by atoms with Crippen LogP contribution in [0.2, 0.25) is 0 Å². The van der Waals surface area contributed by atoms with Crippen LogP contribution in [0, 0.1) is 0 Å². The number of hydrogen-bond acceptors (Lipinski definition) is 3. The minimum atomic E-state index is 0.471. The second-order valence-electron chi connectivity index (χ2n) is 5.08. The van der Waals surface area contributed by atoms with Crippen molar-refractivity contribution in [2.45, 2.75) is 26.4 Å². The SMILES string of the molecule is COc1ccc(Oc2ccc(CNC(C)C)cc2Br)cc1. The highest BCUT2D eigenvalue weighted by molar-refractivity contribution is 9.10. The van der Waals surface area contributed by atoms with Gasteiger partial charge >= 0.3 is 0 Å². The molecule has 4 heteroatoms. The highest BCUT2D eigenvalue weighted by atomic mass is 79.9. The standard InChI is InChI=1S/C17H20BrNO2/c1-12(2)19-11-13-4-9-17(16(18)10-13)21-15-7-5-14(20-3)6-8-15/h4-10,12,19H,11H2,1-3H3. The third-order valence-electron chi connectivity index (χ3n) is 3.00. The summed E-state index contributed by atoms with van der Waals surface area (Å²) in [6.07, 6.45) is 0. The summed E-state index contributed by atoms with van der Waals surface area (Å²) in [7, 11) is 1.65. The van der Waals surface area contributed by atoms with Gasteiger partial charge in [0.15, 0.2) is 0 Å². The summed E-state index contributed by atoms with van der Waals surface area (Å²) in [6.45, 7) is 5.12. The molecule has 0 aliphatic heterocycles. The van der Waals surface area contributed by atoms with Gasteiger partial charge in [-0.25, -0.2) is 0 Å². The lowest BCUT2D eigenvalue weighted by Gasteiger charge is -2.11. The molecule has 0 saturated heterocycles. The molecule has 0 atom stereocenters. The minimum absolute atomic E-state index is 0.471. The third-order valence-corrected chi connectivity index (χ3v) is 3.62. The van der Waals surface area contributed by atoms with E-state index in [0.717, 1.165) is 28.3 Å². The van der Waals surface area contributed by atoms with Gasteiger partial charge in [0.1, 0.15) is 17.2 Å². The minimum Gasteiger partial charge on any atom is -0.497 e. The Morgan fingerprint density at radius 1 is 1.05 bits per heavy atom. The van der Waals surface area contributed by atoms with Crippen LogP contribution in [0.5, 0.6) is 17.2 Å². The Kier molecular flexibility index (Phi) is 5.65. The zero-order chi connectivity index (χ0) is 15.2. The Morgan fingerprint density at radius 2 is 1.71 bits per heavy atom. The molecule has 0 bridgehead atoms. The fourth-order valence-electron chi connectivity index (χ4n) is 1.83. The van der Waals surface area contributed by atoms with Gasteiger partial charge in [0.25, 0.3) is 0 Å². The van der Waals surface area contributed by atoms with Crippen LogP contribution >= 0.6 is 15.9 Å². The van der Waals surface area contributed by atoms with Crippen molar-refractivity contribution >= 4 is 15.9 Å². The number of methoxy groups -OCH3 is 1. The second kappa shape index (κ2) is 7.48. The zero-order valence-corrected chi connectivity index (χ0v) is 14.1. The smallest absolute Gasteiger partial charge is 0.141 e. The monoisotopic (exact) mass is 349 g/mol. The molecule has 0 aromatic heterocycles. The highest BCUT2D eigenvalue weighted by Crippen LogP contribution is 2.31. The topological polar surface area (TPSA) is 30.5 Å². The molecule has 0 heterocycles. The van der Waals surface area contributed by atoms with E-state index < -0.39 is 0 Å². The van der Waals surface area contributed by atoms with E-state index in [1.807, 2.05) is 30.3 Å². The molecule has 112 valence electrons. The molecule has 2 rings (SSSR count). The summed E-state index contributed by atoms with van der Waals surface area (Å²) < 4.78 is 11.9. The average molecular weight is 350 g/mol. The summed E-state index contributed by atoms with van der Waals surface area (Å²) in [4.78, 5) is 0. The fourth-order valence-corrected chi connectivity index (χ4v) is 2.34. The van der Waals surface area contributed by atoms with Crippen LogP contribution in [-0.4, -0.2) is 13.2 Å². The normalized spacial score (nSPS) is 10.7. The maximum absolute atomic E-state index is 5.87. The predicted octanol–water partition coefficient (Wildman–Crippen LogP) is 4.75. The fraction of sp³-hybridized carbons (Fsp3) is 0.294. The van der Waals surface area contributed by atoms with Crippen LogP contribution < -0.4 is 14.8 Å². The summed E-state index contributed by atoms with van der Waals surface area (Å²) >= 11 is 3.56. The van der Waals surface area contributed by atoms with Crippen LogP contribution in [0.4, 0.5) is 0 Å². The molecule has 1 N–H and O–H groups in total. The molecular formula is C17H20BrNO2. The highest BCUT2D eigenvalue weighted by Gasteiger charge is 2.05. The maximum atomic E-state index is 5.87. The Balaban J connectivity index is 2.06. The van der Waals surface area contributed by atoms with Crippen molar-refractivity contribution in [3.63, 3.8) is 0 Å². The van der Waals surface area contributed by atoms with Gasteiger partial charge in [-0.3, -0.25) is 0 Å². The largest absolute Gasteiger partial charge is 0.497 e. The Morgan fingerprint density at radius 3 is 2.29 bits per heavy atom. The zero-order valence-electron chi connectivity index (χ0n) is 12.5. The first-order valence-electron chi connectivity index (χ1n) is 6.92. The molecular weight excluding hydrogens is 330 g/mol. The number of benzene rings is 2. The molecule has 0 spiro atoms. The van der Waals surface area contributed by atoms with Gasteiger partial charge in [-0.2, -0.15) is 0 Å². The Bertz CT molecular complexity index is 582. The molecule has 0 aliphatic carbocycles. The lowest BCUT2D eigenvalue weighted by Crippen LogP contribution is -2.21. The maximum Gasteiger partial charge on any atom is 0.141 e. The molecule has 0 unspecified atom stereocenters. The van der Waals surface area contributed by atoms with Crippen molar-refractivity contribution in [3.8, 4) is 17.2 Å². The van der Waals surface area contributed by atoms with Gasteiger partial charge in [-0.05, 0) is 57.9 Å². The molecule has 0 saturated carbocycles. The van der Waals surface area contributed by atoms with Crippen molar-refractivity contribution in [1.82, 2.24) is 5.32 Å². The van der Waals surface area contributed by atoms with Crippen molar-refractivity contribution in [3.05, 3.63) is 52.5 Å². The number of nitrogens with one attached hydrogen (secondary N) is 1. The van der Waals surface area contributed by atoms with Crippen molar-refractivity contribution in [2.24, 2.45) is 0 Å². The first kappa shape index (κ1) is 15.9. The summed E-state index contributed by atoms with van der Waals surface area (Å²) in [6, 6.07) is 14.1. The van der Waals surface area contributed by atoms with Gasteiger partial charge < -0.3 is 14.8 Å². The van der Waals surface area contributed by atoms with E-state index in [2.05, 4.69) is 47.2 Å². The van der Waals surface area contributed by atoms with Gasteiger partial charge in [-0.1, -0.05) is 19.9 Å². The summed E-state index contributed by atoms with van der Waals surface area (Å²) in [5, 5.41) is 3.40. The van der Waals surface area contributed by atoms with Gasteiger partial charge in [-0.15, -0.1) is 0 Å². The molecule has 0 aliphatic rings.